The third-order valence-electron chi connectivity index (χ3n) is 5.01. The normalized spacial score (nSPS) is 12.1. The summed E-state index contributed by atoms with van der Waals surface area (Å²) in [6.07, 6.45) is 0. The maximum absolute atomic E-state index is 12.6. The first-order valence-corrected chi connectivity index (χ1v) is 12.3. The lowest BCUT2D eigenvalue weighted by molar-refractivity contribution is -0.123. The van der Waals surface area contributed by atoms with Gasteiger partial charge in [0.25, 0.3) is 15.9 Å². The van der Waals surface area contributed by atoms with Gasteiger partial charge in [-0.3, -0.25) is 9.52 Å². The zero-order valence-corrected chi connectivity index (χ0v) is 20.5. The van der Waals surface area contributed by atoms with E-state index in [2.05, 4.69) is 26.0 Å². The van der Waals surface area contributed by atoms with Crippen LogP contribution in [0.3, 0.4) is 0 Å². The van der Waals surface area contributed by atoms with Crippen LogP contribution in [0.25, 0.3) is 0 Å². The van der Waals surface area contributed by atoms with Gasteiger partial charge in [-0.25, -0.2) is 8.42 Å². The molecule has 0 radical (unpaired) electrons. The van der Waals surface area contributed by atoms with E-state index in [-0.39, 0.29) is 23.5 Å². The number of anilines is 1. The van der Waals surface area contributed by atoms with Gasteiger partial charge in [0.1, 0.15) is 5.75 Å². The molecule has 1 amide bonds. The molecule has 0 spiro atoms. The van der Waals surface area contributed by atoms with E-state index in [1.807, 2.05) is 51.1 Å². The van der Waals surface area contributed by atoms with Crippen molar-refractivity contribution in [2.75, 3.05) is 11.3 Å². The highest BCUT2D eigenvalue weighted by Gasteiger charge is 2.15. The standard InChI is InChI=1S/C24H25BrN2O4S/c1-16-4-9-21(14-17(16)2)27-32(29,30)23-12-10-22(11-13-23)31-15-24(28)26-18(3)19-5-7-20(25)8-6-19/h4-14,18,27H,15H2,1-3H3,(H,26,28)/t18-/m0/s1. The van der Waals surface area contributed by atoms with Crippen molar-refractivity contribution in [3.05, 3.63) is 87.9 Å². The zero-order valence-electron chi connectivity index (χ0n) is 18.1. The number of halogens is 1. The van der Waals surface area contributed by atoms with Crippen molar-refractivity contribution in [2.24, 2.45) is 0 Å². The van der Waals surface area contributed by atoms with Crippen molar-refractivity contribution in [3.63, 3.8) is 0 Å². The Balaban J connectivity index is 1.56. The molecule has 0 bridgehead atoms. The first-order chi connectivity index (χ1) is 15.1. The molecule has 32 heavy (non-hydrogen) atoms. The zero-order chi connectivity index (χ0) is 23.3. The summed E-state index contributed by atoms with van der Waals surface area (Å²) < 4.78 is 34.3. The Hall–Kier alpha value is -2.84. The van der Waals surface area contributed by atoms with Crippen LogP contribution in [0.15, 0.2) is 76.1 Å². The number of hydrogen-bond donors (Lipinski definition) is 2. The van der Waals surface area contributed by atoms with Crippen molar-refractivity contribution < 1.29 is 17.9 Å². The number of hydrogen-bond acceptors (Lipinski definition) is 4. The Morgan fingerprint density at radius 1 is 0.969 bits per heavy atom. The Morgan fingerprint density at radius 3 is 2.25 bits per heavy atom. The van der Waals surface area contributed by atoms with Gasteiger partial charge in [-0.2, -0.15) is 0 Å². The SMILES string of the molecule is Cc1ccc(NS(=O)(=O)c2ccc(OCC(=O)N[C@@H](C)c3ccc(Br)cc3)cc2)cc1C. The number of carbonyl (C=O) groups excluding carboxylic acids is 1. The molecule has 0 aliphatic carbocycles. The number of rotatable bonds is 8. The average molecular weight is 517 g/mol. The van der Waals surface area contributed by atoms with E-state index in [0.29, 0.717) is 11.4 Å². The van der Waals surface area contributed by atoms with Gasteiger partial charge < -0.3 is 10.1 Å². The van der Waals surface area contributed by atoms with E-state index in [0.717, 1.165) is 21.2 Å². The summed E-state index contributed by atoms with van der Waals surface area (Å²) in [7, 11) is -3.73. The van der Waals surface area contributed by atoms with Gasteiger partial charge >= 0.3 is 0 Å². The van der Waals surface area contributed by atoms with E-state index < -0.39 is 10.0 Å². The first-order valence-electron chi connectivity index (χ1n) is 10.0. The van der Waals surface area contributed by atoms with Crippen LogP contribution in [0.4, 0.5) is 5.69 Å². The second kappa shape index (κ2) is 10.2. The number of ether oxygens (including phenoxy) is 1. The van der Waals surface area contributed by atoms with Crippen molar-refractivity contribution in [1.82, 2.24) is 5.32 Å². The van der Waals surface area contributed by atoms with E-state index in [9.17, 15) is 13.2 Å². The van der Waals surface area contributed by atoms with Crippen LogP contribution in [0.5, 0.6) is 5.75 Å². The lowest BCUT2D eigenvalue weighted by atomic mass is 10.1. The van der Waals surface area contributed by atoms with Gasteiger partial charge in [-0.15, -0.1) is 0 Å². The highest BCUT2D eigenvalue weighted by Crippen LogP contribution is 2.21. The number of sulfonamides is 1. The van der Waals surface area contributed by atoms with Crippen LogP contribution in [-0.2, 0) is 14.8 Å². The monoisotopic (exact) mass is 516 g/mol. The molecule has 0 aliphatic heterocycles. The average Bonchev–Trinajstić information content (AvgIpc) is 2.75. The van der Waals surface area contributed by atoms with Gasteiger partial charge in [0.15, 0.2) is 6.61 Å². The lowest BCUT2D eigenvalue weighted by Gasteiger charge is -2.15. The smallest absolute Gasteiger partial charge is 0.261 e. The fourth-order valence-electron chi connectivity index (χ4n) is 3.00. The second-order valence-corrected chi connectivity index (χ2v) is 10.1. The Kier molecular flexibility index (Phi) is 7.58. The minimum atomic E-state index is -3.73. The second-order valence-electron chi connectivity index (χ2n) is 7.51. The summed E-state index contributed by atoms with van der Waals surface area (Å²) >= 11 is 3.39. The largest absolute Gasteiger partial charge is 0.484 e. The lowest BCUT2D eigenvalue weighted by Crippen LogP contribution is -2.31. The van der Waals surface area contributed by atoms with Crippen molar-refractivity contribution in [2.45, 2.75) is 31.7 Å². The van der Waals surface area contributed by atoms with Gasteiger partial charge in [0.05, 0.1) is 10.9 Å². The maximum Gasteiger partial charge on any atom is 0.261 e. The summed E-state index contributed by atoms with van der Waals surface area (Å²) in [5.74, 6) is 0.134. The van der Waals surface area contributed by atoms with Crippen molar-refractivity contribution >= 4 is 37.5 Å². The number of aryl methyl sites for hydroxylation is 2. The van der Waals surface area contributed by atoms with E-state index in [1.54, 1.807) is 12.1 Å². The summed E-state index contributed by atoms with van der Waals surface area (Å²) in [4.78, 5) is 12.3. The summed E-state index contributed by atoms with van der Waals surface area (Å²) in [6, 6.07) is 18.9. The number of benzene rings is 3. The number of carbonyl (C=O) groups is 1. The summed E-state index contributed by atoms with van der Waals surface area (Å²) in [5, 5.41) is 2.87. The first kappa shape index (κ1) is 23.8. The maximum atomic E-state index is 12.6. The van der Waals surface area contributed by atoms with Crippen LogP contribution in [0.1, 0.15) is 29.7 Å². The van der Waals surface area contributed by atoms with Crippen LogP contribution >= 0.6 is 15.9 Å². The topological polar surface area (TPSA) is 84.5 Å². The van der Waals surface area contributed by atoms with Gasteiger partial charge in [0.2, 0.25) is 0 Å². The predicted octanol–water partition coefficient (Wildman–Crippen LogP) is 5.12. The van der Waals surface area contributed by atoms with E-state index in [1.165, 1.54) is 24.3 Å². The molecule has 0 saturated heterocycles. The molecule has 168 valence electrons. The van der Waals surface area contributed by atoms with Gasteiger partial charge in [0, 0.05) is 10.2 Å². The molecule has 3 aromatic carbocycles. The van der Waals surface area contributed by atoms with Gasteiger partial charge in [-0.05, 0) is 86.0 Å². The van der Waals surface area contributed by atoms with Gasteiger partial charge in [-0.1, -0.05) is 34.1 Å². The minimum Gasteiger partial charge on any atom is -0.484 e. The fraction of sp³-hybridized carbons (Fsp3) is 0.208. The minimum absolute atomic E-state index is 0.108. The molecule has 0 unspecified atom stereocenters. The number of amides is 1. The molecule has 8 heteroatoms. The molecule has 2 N–H and O–H groups in total. The predicted molar refractivity (Wildman–Crippen MR) is 129 cm³/mol. The van der Waals surface area contributed by atoms with Crippen molar-refractivity contribution in [3.8, 4) is 5.75 Å². The van der Waals surface area contributed by atoms with E-state index in [4.69, 9.17) is 4.74 Å². The fourth-order valence-corrected chi connectivity index (χ4v) is 4.31. The Labute approximate surface area is 197 Å². The van der Waals surface area contributed by atoms with Crippen LogP contribution in [0, 0.1) is 13.8 Å². The molecule has 3 aromatic rings. The van der Waals surface area contributed by atoms with Crippen LogP contribution in [0.2, 0.25) is 0 Å². The highest BCUT2D eigenvalue weighted by atomic mass is 79.9. The Bertz CT molecular complexity index is 1190. The molecular formula is C24H25BrN2O4S. The van der Waals surface area contributed by atoms with Crippen molar-refractivity contribution in [1.29, 1.82) is 0 Å². The summed E-state index contributed by atoms with van der Waals surface area (Å²) in [6.45, 7) is 5.61. The van der Waals surface area contributed by atoms with E-state index >= 15 is 0 Å². The Morgan fingerprint density at radius 2 is 1.62 bits per heavy atom. The molecular weight excluding hydrogens is 492 g/mol. The molecule has 0 fully saturated rings. The molecule has 1 atom stereocenters. The van der Waals surface area contributed by atoms with Crippen LogP contribution in [-0.4, -0.2) is 20.9 Å². The third kappa shape index (κ3) is 6.34. The molecule has 0 aliphatic rings. The summed E-state index contributed by atoms with van der Waals surface area (Å²) in [5.41, 5.74) is 3.57. The number of nitrogens with one attached hydrogen (secondary N) is 2. The molecule has 0 saturated carbocycles. The quantitative estimate of drug-likeness (QED) is 0.434. The molecule has 3 rings (SSSR count). The highest BCUT2D eigenvalue weighted by molar-refractivity contribution is 9.10. The third-order valence-corrected chi connectivity index (χ3v) is 6.94. The van der Waals surface area contributed by atoms with Crippen LogP contribution < -0.4 is 14.8 Å². The molecule has 6 nitrogen and oxygen atoms in total. The molecule has 0 heterocycles. The molecule has 0 aromatic heterocycles.